The molecule has 1 rings (SSSR count). The summed E-state index contributed by atoms with van der Waals surface area (Å²) >= 11 is 11.3. The quantitative estimate of drug-likeness (QED) is 0.727. The molecule has 1 aromatic carbocycles. The van der Waals surface area contributed by atoms with Crippen molar-refractivity contribution in [1.29, 1.82) is 0 Å². The van der Waals surface area contributed by atoms with Gasteiger partial charge in [0.25, 0.3) is 0 Å². The van der Waals surface area contributed by atoms with E-state index >= 15 is 0 Å². The first kappa shape index (κ1) is 9.36. The maximum atomic E-state index is 10.4. The van der Waals surface area contributed by atoms with Crippen molar-refractivity contribution in [1.82, 2.24) is 5.73 Å². The predicted molar refractivity (Wildman–Crippen MR) is 48.3 cm³/mol. The highest BCUT2D eigenvalue weighted by Gasteiger charge is 2.02. The van der Waals surface area contributed by atoms with Crippen molar-refractivity contribution >= 4 is 29.1 Å². The van der Waals surface area contributed by atoms with Crippen LogP contribution in [0.1, 0.15) is 5.56 Å². The Balaban J connectivity index is 2.89. The summed E-state index contributed by atoms with van der Waals surface area (Å²) in [6.07, 6.45) is 0.0802. The summed E-state index contributed by atoms with van der Waals surface area (Å²) in [5.74, 6) is -0.631. The largest absolute Gasteiger partial charge is 0.273 e. The summed E-state index contributed by atoms with van der Waals surface area (Å²) in [6.45, 7) is 0. The molecule has 0 atom stereocenters. The molecule has 0 unspecified atom stereocenters. The zero-order valence-corrected chi connectivity index (χ0v) is 7.62. The Morgan fingerprint density at radius 1 is 1.33 bits per heavy atom. The summed E-state index contributed by atoms with van der Waals surface area (Å²) in [6, 6.07) is 4.89. The van der Waals surface area contributed by atoms with Crippen LogP contribution in [0.4, 0.5) is 0 Å². The summed E-state index contributed by atoms with van der Waals surface area (Å²) < 4.78 is 0. The van der Waals surface area contributed by atoms with Gasteiger partial charge in [0.15, 0.2) is 0 Å². The molecule has 0 saturated heterocycles. The Kier molecular flexibility index (Phi) is 2.95. The molecule has 0 aliphatic heterocycles. The second kappa shape index (κ2) is 3.78. The van der Waals surface area contributed by atoms with Gasteiger partial charge in [-0.25, -0.2) is 0 Å². The van der Waals surface area contributed by atoms with Gasteiger partial charge in [-0.3, -0.25) is 10.5 Å². The van der Waals surface area contributed by atoms with E-state index in [-0.39, 0.29) is 6.42 Å². The lowest BCUT2D eigenvalue weighted by molar-refractivity contribution is -0.118. The lowest BCUT2D eigenvalue weighted by Crippen LogP contribution is -2.01. The van der Waals surface area contributed by atoms with E-state index in [1.54, 1.807) is 18.2 Å². The smallest absolute Gasteiger partial charge is 0.242 e. The van der Waals surface area contributed by atoms with E-state index in [9.17, 15) is 4.79 Å². The molecule has 0 heterocycles. The molecule has 0 aliphatic carbocycles. The number of rotatable bonds is 2. The van der Waals surface area contributed by atoms with Gasteiger partial charge in [-0.05, 0) is 17.7 Å². The number of carbonyl (C=O) groups excluding carboxylic acids is 1. The number of carbonyl (C=O) groups is 1. The van der Waals surface area contributed by atoms with Crippen molar-refractivity contribution in [2.75, 3.05) is 0 Å². The van der Waals surface area contributed by atoms with Crippen LogP contribution in [0.3, 0.4) is 0 Å². The van der Waals surface area contributed by atoms with Crippen LogP contribution in [-0.4, -0.2) is 5.91 Å². The fourth-order valence-corrected chi connectivity index (χ4v) is 1.16. The number of halogens is 2. The Morgan fingerprint density at radius 3 is 2.50 bits per heavy atom. The van der Waals surface area contributed by atoms with Gasteiger partial charge in [-0.15, -0.1) is 0 Å². The number of amides is 1. The number of nitrogens with one attached hydrogen (secondary N) is 1. The highest BCUT2D eigenvalue weighted by Crippen LogP contribution is 2.22. The molecule has 4 heteroatoms. The SMILES string of the molecule is [NH]C(=O)Cc1ccc(Cl)c(Cl)c1. The molecule has 1 N–H and O–H groups in total. The molecule has 1 radical (unpaired) electrons. The Bertz CT molecular complexity index is 312. The topological polar surface area (TPSA) is 40.9 Å². The first-order chi connectivity index (χ1) is 5.59. The van der Waals surface area contributed by atoms with Crippen molar-refractivity contribution in [2.45, 2.75) is 6.42 Å². The fraction of sp³-hybridized carbons (Fsp3) is 0.125. The predicted octanol–water partition coefficient (Wildman–Crippen LogP) is 2.35. The summed E-state index contributed by atoms with van der Waals surface area (Å²) in [7, 11) is 0. The molecular formula is C8H6Cl2NO. The molecule has 12 heavy (non-hydrogen) atoms. The van der Waals surface area contributed by atoms with E-state index in [1.807, 2.05) is 0 Å². The lowest BCUT2D eigenvalue weighted by Gasteiger charge is -1.98. The average Bonchev–Trinajstić information content (AvgIpc) is 1.96. The van der Waals surface area contributed by atoms with Crippen molar-refractivity contribution < 1.29 is 4.79 Å². The van der Waals surface area contributed by atoms with Crippen LogP contribution in [0.2, 0.25) is 10.0 Å². The lowest BCUT2D eigenvalue weighted by atomic mass is 10.1. The van der Waals surface area contributed by atoms with Crippen molar-refractivity contribution in [3.8, 4) is 0 Å². The second-order valence-electron chi connectivity index (χ2n) is 2.35. The van der Waals surface area contributed by atoms with E-state index in [1.165, 1.54) is 0 Å². The van der Waals surface area contributed by atoms with Crippen LogP contribution in [0.15, 0.2) is 18.2 Å². The van der Waals surface area contributed by atoms with Gasteiger partial charge < -0.3 is 0 Å². The third kappa shape index (κ3) is 2.40. The molecule has 0 fully saturated rings. The van der Waals surface area contributed by atoms with Crippen LogP contribution >= 0.6 is 23.2 Å². The first-order valence-corrected chi connectivity index (χ1v) is 4.03. The molecule has 2 nitrogen and oxygen atoms in total. The minimum Gasteiger partial charge on any atom is -0.273 e. The number of hydrogen-bond acceptors (Lipinski definition) is 1. The maximum Gasteiger partial charge on any atom is 0.242 e. The number of benzene rings is 1. The fourth-order valence-electron chi connectivity index (χ4n) is 0.835. The highest BCUT2D eigenvalue weighted by atomic mass is 35.5. The van der Waals surface area contributed by atoms with Gasteiger partial charge in [-0.2, -0.15) is 0 Å². The Labute approximate surface area is 80.3 Å². The van der Waals surface area contributed by atoms with E-state index in [0.717, 1.165) is 0 Å². The summed E-state index contributed by atoms with van der Waals surface area (Å²) in [5.41, 5.74) is 7.44. The molecule has 0 aliphatic rings. The Hall–Kier alpha value is -0.730. The molecule has 63 valence electrons. The zero-order chi connectivity index (χ0) is 9.14. The zero-order valence-electron chi connectivity index (χ0n) is 6.10. The van der Waals surface area contributed by atoms with Crippen molar-refractivity contribution in [2.24, 2.45) is 0 Å². The van der Waals surface area contributed by atoms with Crippen LogP contribution < -0.4 is 5.73 Å². The van der Waals surface area contributed by atoms with E-state index < -0.39 is 5.91 Å². The molecule has 0 spiro atoms. The monoisotopic (exact) mass is 202 g/mol. The molecular weight excluding hydrogens is 197 g/mol. The van der Waals surface area contributed by atoms with Crippen molar-refractivity contribution in [3.05, 3.63) is 33.8 Å². The molecule has 1 aromatic rings. The van der Waals surface area contributed by atoms with E-state index in [4.69, 9.17) is 28.9 Å². The number of hydrogen-bond donors (Lipinski definition) is 0. The third-order valence-corrected chi connectivity index (χ3v) is 2.09. The van der Waals surface area contributed by atoms with Gasteiger partial charge >= 0.3 is 0 Å². The van der Waals surface area contributed by atoms with Crippen LogP contribution in [0, 0.1) is 0 Å². The molecule has 0 aromatic heterocycles. The minimum atomic E-state index is -0.631. The van der Waals surface area contributed by atoms with Crippen LogP contribution in [0.25, 0.3) is 0 Å². The summed E-state index contributed by atoms with van der Waals surface area (Å²) in [5, 5.41) is 0.869. The van der Waals surface area contributed by atoms with E-state index in [2.05, 4.69) is 0 Å². The standard InChI is InChI=1S/C8H6Cl2NO/c9-6-2-1-5(3-7(6)10)4-8(11)12/h1-3,11H,4H2. The maximum absolute atomic E-state index is 10.4. The minimum absolute atomic E-state index is 0.0802. The average molecular weight is 203 g/mol. The normalized spacial score (nSPS) is 9.83. The molecule has 0 bridgehead atoms. The van der Waals surface area contributed by atoms with Crippen molar-refractivity contribution in [3.63, 3.8) is 0 Å². The third-order valence-electron chi connectivity index (χ3n) is 1.35. The van der Waals surface area contributed by atoms with Crippen LogP contribution in [0.5, 0.6) is 0 Å². The van der Waals surface area contributed by atoms with Crippen LogP contribution in [-0.2, 0) is 11.2 Å². The van der Waals surface area contributed by atoms with Gasteiger partial charge in [0.2, 0.25) is 5.91 Å². The van der Waals surface area contributed by atoms with Gasteiger partial charge in [0.05, 0.1) is 16.5 Å². The van der Waals surface area contributed by atoms with Gasteiger partial charge in [0.1, 0.15) is 0 Å². The summed E-state index contributed by atoms with van der Waals surface area (Å²) in [4.78, 5) is 10.4. The molecule has 0 saturated carbocycles. The Morgan fingerprint density at radius 2 is 2.00 bits per heavy atom. The van der Waals surface area contributed by atoms with E-state index in [0.29, 0.717) is 15.6 Å². The van der Waals surface area contributed by atoms with Gasteiger partial charge in [-0.1, -0.05) is 29.3 Å². The molecule has 1 amide bonds. The highest BCUT2D eigenvalue weighted by molar-refractivity contribution is 6.42. The first-order valence-electron chi connectivity index (χ1n) is 3.28. The van der Waals surface area contributed by atoms with Gasteiger partial charge in [0, 0.05) is 0 Å². The second-order valence-corrected chi connectivity index (χ2v) is 3.16.